The first-order valence-electron chi connectivity index (χ1n) is 9.02. The number of halogens is 1. The molecule has 0 spiro atoms. The highest BCUT2D eigenvalue weighted by Crippen LogP contribution is 2.38. The lowest BCUT2D eigenvalue weighted by Gasteiger charge is -2.27. The Morgan fingerprint density at radius 3 is 2.52 bits per heavy atom. The quantitative estimate of drug-likeness (QED) is 0.696. The molecule has 2 aromatic carbocycles. The van der Waals surface area contributed by atoms with Gasteiger partial charge in [-0.2, -0.15) is 0 Å². The van der Waals surface area contributed by atoms with Crippen molar-refractivity contribution in [2.24, 2.45) is 0 Å². The number of nitrogens with one attached hydrogen (secondary N) is 2. The molecule has 2 amide bonds. The van der Waals surface area contributed by atoms with Crippen molar-refractivity contribution in [1.29, 1.82) is 0 Å². The number of carbonyl (C=O) groups excluding carboxylic acids is 2. The molecule has 2 heterocycles. The third-order valence-electron chi connectivity index (χ3n) is 4.74. The van der Waals surface area contributed by atoms with Crippen LogP contribution in [0.25, 0.3) is 0 Å². The van der Waals surface area contributed by atoms with Crippen LogP contribution in [0.15, 0.2) is 52.3 Å². The van der Waals surface area contributed by atoms with Crippen LogP contribution in [0.3, 0.4) is 0 Å². The Morgan fingerprint density at radius 1 is 1.14 bits per heavy atom. The van der Waals surface area contributed by atoms with Gasteiger partial charge in [0.05, 0.1) is 10.6 Å². The Labute approximate surface area is 177 Å². The largest absolute Gasteiger partial charge is 0.341 e. The van der Waals surface area contributed by atoms with E-state index in [2.05, 4.69) is 10.0 Å². The normalized spacial score (nSPS) is 18.9. The number of benzene rings is 2. The van der Waals surface area contributed by atoms with Crippen LogP contribution in [0.5, 0.6) is 0 Å². The molecule has 1 fully saturated rings. The molecule has 0 unspecified atom stereocenters. The van der Waals surface area contributed by atoms with Gasteiger partial charge in [-0.25, -0.2) is 8.42 Å². The van der Waals surface area contributed by atoms with Crippen molar-refractivity contribution < 1.29 is 18.0 Å². The van der Waals surface area contributed by atoms with E-state index in [9.17, 15) is 18.0 Å². The van der Waals surface area contributed by atoms with Gasteiger partial charge in [0.2, 0.25) is 11.8 Å². The van der Waals surface area contributed by atoms with Crippen LogP contribution in [0.2, 0.25) is 5.02 Å². The first-order valence-corrected chi connectivity index (χ1v) is 11.8. The van der Waals surface area contributed by atoms with Gasteiger partial charge >= 0.3 is 0 Å². The summed E-state index contributed by atoms with van der Waals surface area (Å²) in [7, 11) is -3.85. The third-order valence-corrected chi connectivity index (χ3v) is 7.63. The molecule has 1 saturated heterocycles. The minimum Gasteiger partial charge on any atom is -0.341 e. The number of thioether (sulfide) groups is 1. The Morgan fingerprint density at radius 2 is 1.83 bits per heavy atom. The standard InChI is InChI=1S/C19H18ClN3O4S2/c20-12-3-5-13(6-4-12)22-29(26,27)14-7-8-16-15(11-14)21-18(24)17(28-16)19(25)23-9-1-2-10-23/h3-8,11,17,22H,1-2,9-10H2,(H,21,24)/t17-/m1/s1. The second kappa shape index (κ2) is 7.89. The number of rotatable bonds is 4. The van der Waals surface area contributed by atoms with Crippen molar-refractivity contribution in [2.75, 3.05) is 23.1 Å². The van der Waals surface area contributed by atoms with E-state index in [0.717, 1.165) is 24.6 Å². The molecule has 1 atom stereocenters. The fourth-order valence-electron chi connectivity index (χ4n) is 3.25. The van der Waals surface area contributed by atoms with Crippen molar-refractivity contribution >= 4 is 56.6 Å². The second-order valence-corrected chi connectivity index (χ2v) is 10.1. The highest BCUT2D eigenvalue weighted by Gasteiger charge is 2.37. The molecule has 0 radical (unpaired) electrons. The van der Waals surface area contributed by atoms with Crippen molar-refractivity contribution in [2.45, 2.75) is 27.9 Å². The van der Waals surface area contributed by atoms with Gasteiger partial charge in [0.15, 0.2) is 5.25 Å². The lowest BCUT2D eigenvalue weighted by molar-refractivity contribution is -0.133. The molecule has 7 nitrogen and oxygen atoms in total. The van der Waals surface area contributed by atoms with Gasteiger partial charge in [-0.3, -0.25) is 14.3 Å². The summed E-state index contributed by atoms with van der Waals surface area (Å²) in [4.78, 5) is 27.5. The molecule has 0 aliphatic carbocycles. The number of likely N-dealkylation sites (tertiary alicyclic amines) is 1. The fourth-order valence-corrected chi connectivity index (χ4v) is 5.52. The summed E-state index contributed by atoms with van der Waals surface area (Å²) >= 11 is 6.97. The summed E-state index contributed by atoms with van der Waals surface area (Å²) in [5.41, 5.74) is 0.756. The van der Waals surface area contributed by atoms with Gasteiger partial charge in [0.25, 0.3) is 10.0 Å². The second-order valence-electron chi connectivity index (χ2n) is 6.79. The SMILES string of the molecule is O=C1Nc2cc(S(=O)(=O)Nc3ccc(Cl)cc3)ccc2S[C@H]1C(=O)N1CCCC1. The average Bonchev–Trinajstić information content (AvgIpc) is 3.23. The molecule has 4 rings (SSSR count). The number of anilines is 2. The summed E-state index contributed by atoms with van der Waals surface area (Å²) in [6.07, 6.45) is 1.90. The minimum absolute atomic E-state index is 0.0106. The van der Waals surface area contributed by atoms with E-state index in [-0.39, 0.29) is 10.8 Å². The Balaban J connectivity index is 1.55. The highest BCUT2D eigenvalue weighted by atomic mass is 35.5. The number of hydrogen-bond donors (Lipinski definition) is 2. The van der Waals surface area contributed by atoms with Crippen molar-refractivity contribution in [3.05, 3.63) is 47.5 Å². The van der Waals surface area contributed by atoms with E-state index in [0.29, 0.717) is 34.4 Å². The Bertz CT molecular complexity index is 1070. The topological polar surface area (TPSA) is 95.6 Å². The molecule has 2 aliphatic rings. The Hall–Kier alpha value is -2.23. The van der Waals surface area contributed by atoms with Gasteiger partial charge in [0, 0.05) is 28.7 Å². The third kappa shape index (κ3) is 4.22. The number of amides is 2. The molecule has 29 heavy (non-hydrogen) atoms. The highest BCUT2D eigenvalue weighted by molar-refractivity contribution is 8.01. The van der Waals surface area contributed by atoms with Crippen LogP contribution in [-0.2, 0) is 19.6 Å². The zero-order chi connectivity index (χ0) is 20.6. The zero-order valence-corrected chi connectivity index (χ0v) is 17.6. The smallest absolute Gasteiger partial charge is 0.261 e. The minimum atomic E-state index is -3.85. The molecule has 0 saturated carbocycles. The number of sulfonamides is 1. The van der Waals surface area contributed by atoms with Crippen LogP contribution in [0, 0.1) is 0 Å². The molecule has 0 bridgehead atoms. The summed E-state index contributed by atoms with van der Waals surface area (Å²) in [6, 6.07) is 10.8. The van der Waals surface area contributed by atoms with Gasteiger partial charge in [-0.15, -0.1) is 11.8 Å². The van der Waals surface area contributed by atoms with Crippen molar-refractivity contribution in [1.82, 2.24) is 4.90 Å². The monoisotopic (exact) mass is 451 g/mol. The summed E-state index contributed by atoms with van der Waals surface area (Å²) in [6.45, 7) is 1.34. The fraction of sp³-hybridized carbons (Fsp3) is 0.263. The number of nitrogens with zero attached hydrogens (tertiary/aromatic N) is 1. The lowest BCUT2D eigenvalue weighted by atomic mass is 10.2. The van der Waals surface area contributed by atoms with Crippen molar-refractivity contribution in [3.8, 4) is 0 Å². The molecule has 0 aromatic heterocycles. The first-order chi connectivity index (χ1) is 13.8. The average molecular weight is 452 g/mol. The van der Waals surface area contributed by atoms with Gasteiger partial charge in [-0.05, 0) is 55.3 Å². The summed E-state index contributed by atoms with van der Waals surface area (Å²) < 4.78 is 27.8. The first kappa shape index (κ1) is 20.1. The van der Waals surface area contributed by atoms with E-state index in [1.807, 2.05) is 0 Å². The zero-order valence-electron chi connectivity index (χ0n) is 15.2. The number of fused-ring (bicyclic) bond motifs is 1. The van der Waals surface area contributed by atoms with Crippen molar-refractivity contribution in [3.63, 3.8) is 0 Å². The van der Waals surface area contributed by atoms with Crippen LogP contribution >= 0.6 is 23.4 Å². The number of hydrogen-bond acceptors (Lipinski definition) is 5. The molecule has 10 heteroatoms. The van der Waals surface area contributed by atoms with Crippen LogP contribution in [0.4, 0.5) is 11.4 Å². The van der Waals surface area contributed by atoms with E-state index >= 15 is 0 Å². The predicted molar refractivity (Wildman–Crippen MR) is 113 cm³/mol. The Kier molecular flexibility index (Phi) is 5.46. The molecule has 2 aromatic rings. The summed E-state index contributed by atoms with van der Waals surface area (Å²) in [5.74, 6) is -0.628. The van der Waals surface area contributed by atoms with E-state index in [4.69, 9.17) is 11.6 Å². The van der Waals surface area contributed by atoms with Crippen LogP contribution < -0.4 is 10.0 Å². The maximum Gasteiger partial charge on any atom is 0.261 e. The van der Waals surface area contributed by atoms with E-state index in [1.54, 1.807) is 35.2 Å². The number of carbonyl (C=O) groups is 2. The van der Waals surface area contributed by atoms with Gasteiger partial charge < -0.3 is 10.2 Å². The summed E-state index contributed by atoms with van der Waals surface area (Å²) in [5, 5.41) is 2.33. The molecular weight excluding hydrogens is 434 g/mol. The molecule has 2 N–H and O–H groups in total. The molecular formula is C19H18ClN3O4S2. The van der Waals surface area contributed by atoms with E-state index < -0.39 is 21.2 Å². The molecule has 2 aliphatic heterocycles. The maximum absolute atomic E-state index is 12.7. The maximum atomic E-state index is 12.7. The molecule has 152 valence electrons. The van der Waals surface area contributed by atoms with E-state index in [1.165, 1.54) is 12.1 Å². The van der Waals surface area contributed by atoms with Crippen LogP contribution in [0.1, 0.15) is 12.8 Å². The van der Waals surface area contributed by atoms with Gasteiger partial charge in [0.1, 0.15) is 0 Å². The lowest BCUT2D eigenvalue weighted by Crippen LogP contribution is -2.43. The van der Waals surface area contributed by atoms with Gasteiger partial charge in [-0.1, -0.05) is 11.6 Å². The predicted octanol–water partition coefficient (Wildman–Crippen LogP) is 3.18. The van der Waals surface area contributed by atoms with Crippen LogP contribution in [-0.4, -0.2) is 43.5 Å².